The lowest BCUT2D eigenvalue weighted by atomic mass is 10.2. The highest BCUT2D eigenvalue weighted by Gasteiger charge is 2.19. The molecule has 1 saturated heterocycles. The highest BCUT2D eigenvalue weighted by Crippen LogP contribution is 2.30. The van der Waals surface area contributed by atoms with E-state index in [0.717, 1.165) is 49.1 Å². The molecular formula is C23H29N5OS. The van der Waals surface area contributed by atoms with Gasteiger partial charge in [0.2, 0.25) is 0 Å². The van der Waals surface area contributed by atoms with Crippen molar-refractivity contribution in [2.45, 2.75) is 6.92 Å². The normalized spacial score (nSPS) is 14.8. The zero-order valence-corrected chi connectivity index (χ0v) is 18.7. The van der Waals surface area contributed by atoms with E-state index in [0.29, 0.717) is 12.1 Å². The Morgan fingerprint density at radius 1 is 1.10 bits per heavy atom. The smallest absolute Gasteiger partial charge is 0.251 e. The maximum absolute atomic E-state index is 12.4. The van der Waals surface area contributed by atoms with Gasteiger partial charge in [-0.2, -0.15) is 0 Å². The van der Waals surface area contributed by atoms with Crippen molar-refractivity contribution in [2.75, 3.05) is 63.2 Å². The van der Waals surface area contributed by atoms with E-state index in [4.69, 9.17) is 4.98 Å². The first-order valence-corrected chi connectivity index (χ1v) is 11.2. The van der Waals surface area contributed by atoms with Gasteiger partial charge in [0.1, 0.15) is 0 Å². The number of anilines is 2. The molecule has 1 aliphatic rings. The van der Waals surface area contributed by atoms with Gasteiger partial charge in [-0.25, -0.2) is 4.98 Å². The number of fused-ring (bicyclic) bond motifs is 1. The molecule has 6 nitrogen and oxygen atoms in total. The molecule has 0 atom stereocenters. The number of hydrogen-bond donors (Lipinski definition) is 1. The van der Waals surface area contributed by atoms with E-state index in [1.54, 1.807) is 11.3 Å². The molecule has 1 aliphatic heterocycles. The summed E-state index contributed by atoms with van der Waals surface area (Å²) in [7, 11) is 3.99. The van der Waals surface area contributed by atoms with Crippen LogP contribution in [0.25, 0.3) is 10.2 Å². The van der Waals surface area contributed by atoms with E-state index >= 15 is 0 Å². The van der Waals surface area contributed by atoms with Gasteiger partial charge in [-0.1, -0.05) is 17.4 Å². The van der Waals surface area contributed by atoms with Crippen LogP contribution in [0.2, 0.25) is 0 Å². The van der Waals surface area contributed by atoms with Gasteiger partial charge >= 0.3 is 0 Å². The van der Waals surface area contributed by atoms with E-state index in [2.05, 4.69) is 40.2 Å². The van der Waals surface area contributed by atoms with Crippen LogP contribution in [0.4, 0.5) is 10.8 Å². The number of rotatable bonds is 6. The minimum atomic E-state index is -0.0105. The van der Waals surface area contributed by atoms with Gasteiger partial charge < -0.3 is 15.1 Å². The molecule has 2 heterocycles. The number of carbonyl (C=O) groups excluding carboxylic acids is 1. The molecule has 1 aromatic heterocycles. The van der Waals surface area contributed by atoms with E-state index in [1.807, 2.05) is 43.3 Å². The van der Waals surface area contributed by atoms with E-state index in [-0.39, 0.29) is 5.91 Å². The summed E-state index contributed by atoms with van der Waals surface area (Å²) in [6.07, 6.45) is 0. The fourth-order valence-electron chi connectivity index (χ4n) is 3.66. The quantitative estimate of drug-likeness (QED) is 0.660. The largest absolute Gasteiger partial charge is 0.378 e. The maximum atomic E-state index is 12.4. The van der Waals surface area contributed by atoms with Gasteiger partial charge in [-0.05, 0) is 48.9 Å². The number of nitrogens with one attached hydrogen (secondary N) is 1. The third-order valence-electron chi connectivity index (χ3n) is 5.53. The minimum absolute atomic E-state index is 0.0105. The first kappa shape index (κ1) is 20.6. The number of aryl methyl sites for hydroxylation is 1. The highest BCUT2D eigenvalue weighted by molar-refractivity contribution is 7.22. The van der Waals surface area contributed by atoms with Crippen molar-refractivity contribution < 1.29 is 4.79 Å². The number of nitrogens with zero attached hydrogens (tertiary/aromatic N) is 4. The molecule has 0 aliphatic carbocycles. The van der Waals surface area contributed by atoms with Crippen LogP contribution in [0.5, 0.6) is 0 Å². The third kappa shape index (κ3) is 4.74. The molecule has 4 rings (SSSR count). The summed E-state index contributed by atoms with van der Waals surface area (Å²) < 4.78 is 1.26. The van der Waals surface area contributed by atoms with Crippen LogP contribution in [0, 0.1) is 6.92 Å². The second-order valence-electron chi connectivity index (χ2n) is 7.99. The molecule has 30 heavy (non-hydrogen) atoms. The molecule has 0 saturated carbocycles. The first-order chi connectivity index (χ1) is 14.5. The molecule has 0 unspecified atom stereocenters. The zero-order chi connectivity index (χ0) is 21.1. The second-order valence-corrected chi connectivity index (χ2v) is 9.00. The van der Waals surface area contributed by atoms with Crippen molar-refractivity contribution >= 4 is 38.3 Å². The summed E-state index contributed by atoms with van der Waals surface area (Å²) in [5.74, 6) is -0.0105. The maximum Gasteiger partial charge on any atom is 0.251 e. The summed E-state index contributed by atoms with van der Waals surface area (Å²) in [6, 6.07) is 14.1. The fourth-order valence-corrected chi connectivity index (χ4v) is 4.77. The van der Waals surface area contributed by atoms with Crippen LogP contribution < -0.4 is 15.1 Å². The summed E-state index contributed by atoms with van der Waals surface area (Å²) in [5.41, 5.74) is 4.16. The highest BCUT2D eigenvalue weighted by atomic mass is 32.1. The van der Waals surface area contributed by atoms with Crippen LogP contribution in [-0.4, -0.2) is 69.2 Å². The van der Waals surface area contributed by atoms with Crippen molar-refractivity contribution in [1.82, 2.24) is 15.2 Å². The summed E-state index contributed by atoms with van der Waals surface area (Å²) in [5, 5.41) is 4.16. The molecular weight excluding hydrogens is 394 g/mol. The van der Waals surface area contributed by atoms with Gasteiger partial charge in [0.05, 0.1) is 10.2 Å². The predicted molar refractivity (Wildman–Crippen MR) is 126 cm³/mol. The Labute approximate surface area is 182 Å². The van der Waals surface area contributed by atoms with Gasteiger partial charge in [0, 0.05) is 64.6 Å². The Bertz CT molecular complexity index is 1010. The monoisotopic (exact) mass is 423 g/mol. The topological polar surface area (TPSA) is 51.7 Å². The van der Waals surface area contributed by atoms with Gasteiger partial charge in [-0.15, -0.1) is 0 Å². The Morgan fingerprint density at radius 3 is 2.53 bits per heavy atom. The number of hydrogen-bond acceptors (Lipinski definition) is 6. The van der Waals surface area contributed by atoms with Crippen molar-refractivity contribution in [1.29, 1.82) is 0 Å². The van der Waals surface area contributed by atoms with Crippen LogP contribution in [0.3, 0.4) is 0 Å². The van der Waals surface area contributed by atoms with Gasteiger partial charge in [-0.3, -0.25) is 9.69 Å². The molecule has 7 heteroatoms. The number of thiazole rings is 1. The zero-order valence-electron chi connectivity index (χ0n) is 17.9. The van der Waals surface area contributed by atoms with Crippen molar-refractivity contribution in [3.8, 4) is 0 Å². The van der Waals surface area contributed by atoms with Crippen molar-refractivity contribution in [2.24, 2.45) is 0 Å². The van der Waals surface area contributed by atoms with Crippen molar-refractivity contribution in [3.63, 3.8) is 0 Å². The average molecular weight is 424 g/mol. The van der Waals surface area contributed by atoms with Crippen molar-refractivity contribution in [3.05, 3.63) is 53.6 Å². The second kappa shape index (κ2) is 9.02. The number of aromatic nitrogens is 1. The predicted octanol–water partition coefficient (Wildman–Crippen LogP) is 3.22. The lowest BCUT2D eigenvalue weighted by Gasteiger charge is -2.34. The van der Waals surface area contributed by atoms with E-state index < -0.39 is 0 Å². The van der Waals surface area contributed by atoms with Crippen LogP contribution >= 0.6 is 11.3 Å². The van der Waals surface area contributed by atoms with Gasteiger partial charge in [0.15, 0.2) is 5.13 Å². The van der Waals surface area contributed by atoms with Crippen LogP contribution in [-0.2, 0) is 0 Å². The molecule has 158 valence electrons. The fraction of sp³-hybridized carbons (Fsp3) is 0.391. The minimum Gasteiger partial charge on any atom is -0.378 e. The SMILES string of the molecule is Cc1ccc2nc(N3CCN(CCNC(=O)c4ccc(N(C)C)cc4)CC3)sc2c1. The molecule has 1 amide bonds. The number of piperazine rings is 1. The molecule has 0 bridgehead atoms. The Hall–Kier alpha value is -2.64. The molecule has 0 radical (unpaired) electrons. The average Bonchev–Trinajstić information content (AvgIpc) is 3.17. The lowest BCUT2D eigenvalue weighted by Crippen LogP contribution is -2.48. The van der Waals surface area contributed by atoms with E-state index in [1.165, 1.54) is 10.3 Å². The van der Waals surface area contributed by atoms with Crippen LogP contribution in [0.15, 0.2) is 42.5 Å². The molecule has 2 aromatic carbocycles. The van der Waals surface area contributed by atoms with Crippen LogP contribution in [0.1, 0.15) is 15.9 Å². The first-order valence-electron chi connectivity index (χ1n) is 10.4. The Kier molecular flexibility index (Phi) is 6.20. The molecule has 0 spiro atoms. The number of carbonyl (C=O) groups is 1. The number of benzene rings is 2. The molecule has 1 N–H and O–H groups in total. The standard InChI is InChI=1S/C23H29N5OS/c1-17-4-9-20-21(16-17)30-23(25-20)28-14-12-27(13-15-28)11-10-24-22(29)18-5-7-19(8-6-18)26(2)3/h4-9,16H,10-15H2,1-3H3,(H,24,29). The lowest BCUT2D eigenvalue weighted by molar-refractivity contribution is 0.0948. The molecule has 1 fully saturated rings. The Balaban J connectivity index is 1.23. The van der Waals surface area contributed by atoms with Gasteiger partial charge in [0.25, 0.3) is 5.91 Å². The summed E-state index contributed by atoms with van der Waals surface area (Å²) in [6.45, 7) is 7.57. The number of amides is 1. The summed E-state index contributed by atoms with van der Waals surface area (Å²) >= 11 is 1.78. The molecule has 3 aromatic rings. The van der Waals surface area contributed by atoms with E-state index in [9.17, 15) is 4.79 Å². The third-order valence-corrected chi connectivity index (χ3v) is 6.61. The summed E-state index contributed by atoms with van der Waals surface area (Å²) in [4.78, 5) is 24.0. The Morgan fingerprint density at radius 2 is 1.83 bits per heavy atom.